The van der Waals surface area contributed by atoms with Gasteiger partial charge in [0, 0.05) is 12.4 Å². The van der Waals surface area contributed by atoms with Gasteiger partial charge in [-0.15, -0.1) is 0 Å². The van der Waals surface area contributed by atoms with Gasteiger partial charge in [-0.3, -0.25) is 9.36 Å². The highest BCUT2D eigenvalue weighted by atomic mass is 35.5. The summed E-state index contributed by atoms with van der Waals surface area (Å²) in [6.45, 7) is 0. The summed E-state index contributed by atoms with van der Waals surface area (Å²) in [7, 11) is 0. The zero-order valence-electron chi connectivity index (χ0n) is 5.47. The highest BCUT2D eigenvalue weighted by molar-refractivity contribution is 6.63. The number of hydrogen-bond donors (Lipinski definition) is 0. The number of imidazole rings is 1. The molecule has 0 unspecified atom stereocenters. The molecule has 0 fully saturated rings. The van der Waals surface area contributed by atoms with E-state index in [1.54, 1.807) is 0 Å². The Morgan fingerprint density at radius 2 is 2.17 bits per heavy atom. The van der Waals surface area contributed by atoms with Crippen molar-refractivity contribution >= 4 is 17.0 Å². The second kappa shape index (κ2) is 2.78. The number of carbonyl (C=O) groups is 1. The van der Waals surface area contributed by atoms with Gasteiger partial charge in [-0.05, 0) is 11.6 Å². The molecule has 7 heteroatoms. The summed E-state index contributed by atoms with van der Waals surface area (Å²) in [4.78, 5) is 13.3. The van der Waals surface area contributed by atoms with Crippen molar-refractivity contribution in [1.82, 2.24) is 9.55 Å². The second-order valence-corrected chi connectivity index (χ2v) is 2.19. The van der Waals surface area contributed by atoms with Crippen LogP contribution in [0.4, 0.5) is 18.0 Å². The molecule has 0 bridgehead atoms. The predicted octanol–water partition coefficient (Wildman–Crippen LogP) is 2.11. The van der Waals surface area contributed by atoms with Gasteiger partial charge in [-0.2, -0.15) is 13.2 Å². The molecule has 0 aliphatic rings. The molecular formula is C5H2ClF3N2O. The van der Waals surface area contributed by atoms with Crippen LogP contribution in [0.3, 0.4) is 0 Å². The summed E-state index contributed by atoms with van der Waals surface area (Å²) in [6.07, 6.45) is -2.96. The Morgan fingerprint density at radius 3 is 2.50 bits per heavy atom. The fourth-order valence-electron chi connectivity index (χ4n) is 0.655. The van der Waals surface area contributed by atoms with Crippen LogP contribution in [-0.2, 0) is 6.18 Å². The van der Waals surface area contributed by atoms with E-state index in [1.807, 2.05) is 0 Å². The Balaban J connectivity index is 3.17. The van der Waals surface area contributed by atoms with Crippen LogP contribution in [0.2, 0.25) is 0 Å². The van der Waals surface area contributed by atoms with Crippen LogP contribution in [0.15, 0.2) is 12.4 Å². The minimum absolute atomic E-state index is 0.224. The molecule has 1 rings (SSSR count). The highest BCUT2D eigenvalue weighted by Gasteiger charge is 2.37. The van der Waals surface area contributed by atoms with Crippen molar-refractivity contribution in [2.24, 2.45) is 0 Å². The van der Waals surface area contributed by atoms with Crippen molar-refractivity contribution in [3.05, 3.63) is 18.2 Å². The van der Waals surface area contributed by atoms with Crippen LogP contribution in [-0.4, -0.2) is 14.9 Å². The molecule has 0 radical (unpaired) electrons. The lowest BCUT2D eigenvalue weighted by Gasteiger charge is -2.04. The molecule has 3 nitrogen and oxygen atoms in total. The van der Waals surface area contributed by atoms with Gasteiger partial charge in [0.15, 0.2) is 0 Å². The van der Waals surface area contributed by atoms with Gasteiger partial charge in [0.25, 0.3) is 0 Å². The fourth-order valence-corrected chi connectivity index (χ4v) is 0.791. The van der Waals surface area contributed by atoms with Crippen LogP contribution >= 0.6 is 11.6 Å². The van der Waals surface area contributed by atoms with E-state index in [0.717, 1.165) is 12.4 Å². The number of carbonyl (C=O) groups excluding carboxylic acids is 1. The van der Waals surface area contributed by atoms with E-state index in [2.05, 4.69) is 4.98 Å². The van der Waals surface area contributed by atoms with Crippen molar-refractivity contribution in [2.45, 2.75) is 6.18 Å². The lowest BCUT2D eigenvalue weighted by molar-refractivity contribution is -0.145. The number of rotatable bonds is 0. The number of alkyl halides is 3. The average molecular weight is 199 g/mol. The minimum Gasteiger partial charge on any atom is -0.255 e. The topological polar surface area (TPSA) is 34.9 Å². The smallest absolute Gasteiger partial charge is 0.255 e. The van der Waals surface area contributed by atoms with Crippen molar-refractivity contribution in [3.63, 3.8) is 0 Å². The zero-order chi connectivity index (χ0) is 9.35. The third-order valence-electron chi connectivity index (χ3n) is 1.08. The van der Waals surface area contributed by atoms with Gasteiger partial charge in [0.1, 0.15) is 0 Å². The third kappa shape index (κ3) is 1.58. The molecule has 0 amide bonds. The van der Waals surface area contributed by atoms with E-state index in [4.69, 9.17) is 11.6 Å². The first-order chi connectivity index (χ1) is 5.43. The minimum atomic E-state index is -4.66. The standard InChI is InChI=1S/C5H2ClF3N2O/c6-4(12)11-2-1-10-3(11)5(7,8)9/h1-2H. The van der Waals surface area contributed by atoms with Crippen molar-refractivity contribution in [2.75, 3.05) is 0 Å². The quantitative estimate of drug-likeness (QED) is 0.599. The summed E-state index contributed by atoms with van der Waals surface area (Å²) in [5.74, 6) is -1.32. The van der Waals surface area contributed by atoms with Crippen LogP contribution in [0.25, 0.3) is 0 Å². The van der Waals surface area contributed by atoms with Gasteiger partial charge < -0.3 is 0 Å². The molecule has 1 aromatic heterocycles. The van der Waals surface area contributed by atoms with Crippen LogP contribution in [0.5, 0.6) is 0 Å². The Labute approximate surface area is 69.8 Å². The highest BCUT2D eigenvalue weighted by Crippen LogP contribution is 2.27. The SMILES string of the molecule is O=C(Cl)n1ccnc1C(F)(F)F. The summed E-state index contributed by atoms with van der Waals surface area (Å²) >= 11 is 4.84. The number of hydrogen-bond acceptors (Lipinski definition) is 2. The number of nitrogens with zero attached hydrogens (tertiary/aromatic N) is 2. The Hall–Kier alpha value is -1.04. The molecule has 0 saturated heterocycles. The molecule has 0 aliphatic heterocycles. The maximum atomic E-state index is 11.9. The van der Waals surface area contributed by atoms with Crippen LogP contribution in [0.1, 0.15) is 5.82 Å². The monoisotopic (exact) mass is 198 g/mol. The van der Waals surface area contributed by atoms with E-state index in [-0.39, 0.29) is 4.57 Å². The average Bonchev–Trinajstić information content (AvgIpc) is 2.30. The van der Waals surface area contributed by atoms with Gasteiger partial charge in [0.2, 0.25) is 5.82 Å². The number of aromatic nitrogens is 2. The van der Waals surface area contributed by atoms with E-state index in [9.17, 15) is 18.0 Å². The molecule has 0 N–H and O–H groups in total. The summed E-state index contributed by atoms with van der Waals surface area (Å²) in [6, 6.07) is 0. The molecule has 0 saturated carbocycles. The molecule has 0 aromatic carbocycles. The molecule has 0 aliphatic carbocycles. The molecule has 0 spiro atoms. The Bertz CT molecular complexity index is 306. The van der Waals surface area contributed by atoms with Gasteiger partial charge in [-0.1, -0.05) is 0 Å². The molecule has 66 valence electrons. The lowest BCUT2D eigenvalue weighted by Crippen LogP contribution is -2.16. The van der Waals surface area contributed by atoms with Crippen molar-refractivity contribution in [1.29, 1.82) is 0 Å². The Kier molecular flexibility index (Phi) is 2.10. The van der Waals surface area contributed by atoms with Gasteiger partial charge in [-0.25, -0.2) is 4.98 Å². The molecular weight excluding hydrogens is 197 g/mol. The van der Waals surface area contributed by atoms with Crippen LogP contribution < -0.4 is 0 Å². The van der Waals surface area contributed by atoms with Gasteiger partial charge in [0.05, 0.1) is 0 Å². The maximum absolute atomic E-state index is 11.9. The largest absolute Gasteiger partial charge is 0.450 e. The zero-order valence-corrected chi connectivity index (χ0v) is 6.23. The van der Waals surface area contributed by atoms with E-state index in [1.165, 1.54) is 0 Å². The summed E-state index contributed by atoms with van der Waals surface area (Å²) in [5.41, 5.74) is 0. The summed E-state index contributed by atoms with van der Waals surface area (Å²) < 4.78 is 36.1. The van der Waals surface area contributed by atoms with Crippen LogP contribution in [0, 0.1) is 0 Å². The van der Waals surface area contributed by atoms with Gasteiger partial charge >= 0.3 is 11.5 Å². The fraction of sp³-hybridized carbons (Fsp3) is 0.200. The first kappa shape index (κ1) is 9.05. The third-order valence-corrected chi connectivity index (χ3v) is 1.27. The second-order valence-electron chi connectivity index (χ2n) is 1.87. The first-order valence-corrected chi connectivity index (χ1v) is 3.11. The first-order valence-electron chi connectivity index (χ1n) is 2.73. The molecule has 1 aromatic rings. The van der Waals surface area contributed by atoms with Crippen molar-refractivity contribution < 1.29 is 18.0 Å². The van der Waals surface area contributed by atoms with E-state index >= 15 is 0 Å². The lowest BCUT2D eigenvalue weighted by atomic mass is 10.6. The normalized spacial score (nSPS) is 11.7. The Morgan fingerprint density at radius 1 is 1.58 bits per heavy atom. The summed E-state index contributed by atoms with van der Waals surface area (Å²) in [5, 5.41) is -1.24. The number of halogens is 4. The molecule has 12 heavy (non-hydrogen) atoms. The molecule has 1 heterocycles. The van der Waals surface area contributed by atoms with E-state index < -0.39 is 17.4 Å². The maximum Gasteiger partial charge on any atom is 0.450 e. The molecule has 0 atom stereocenters. The van der Waals surface area contributed by atoms with Crippen molar-refractivity contribution in [3.8, 4) is 0 Å². The van der Waals surface area contributed by atoms with E-state index in [0.29, 0.717) is 0 Å². The predicted molar refractivity (Wildman–Crippen MR) is 33.9 cm³/mol.